The number of carbonyl (C=O) groups is 1. The minimum atomic E-state index is -3.36. The highest BCUT2D eigenvalue weighted by Gasteiger charge is 2.31. The second kappa shape index (κ2) is 11.3. The minimum Gasteiger partial charge on any atom is -0.494 e. The van der Waals surface area contributed by atoms with Gasteiger partial charge in [-0.25, -0.2) is 12.7 Å². The Morgan fingerprint density at radius 3 is 2.55 bits per heavy atom. The highest BCUT2D eigenvalue weighted by atomic mass is 32.2. The molecule has 6 nitrogen and oxygen atoms in total. The third-order valence-electron chi connectivity index (χ3n) is 5.56. The smallest absolute Gasteiger partial charge is 0.224 e. The number of ether oxygens (including phenoxy) is 1. The molecule has 1 aliphatic heterocycles. The fraction of sp³-hybridized carbons (Fsp3) is 0.458. The summed E-state index contributed by atoms with van der Waals surface area (Å²) in [5.41, 5.74) is 2.13. The van der Waals surface area contributed by atoms with E-state index in [-0.39, 0.29) is 24.1 Å². The quantitative estimate of drug-likeness (QED) is 0.610. The standard InChI is InChI=1S/C24H32N2O4S/c1-2-30-23-14-12-21(13-15-23)18-25-24(27)22-11-6-16-26(19-22)31(28,29)17-7-10-20-8-4-3-5-9-20/h3-5,8-9,12-15,22H,2,6-7,10-11,16-19H2,1H3,(H,25,27)/t22-/m1/s1. The number of amides is 1. The number of nitrogens with one attached hydrogen (secondary N) is 1. The molecular weight excluding hydrogens is 412 g/mol. The normalized spacial score (nSPS) is 17.3. The van der Waals surface area contributed by atoms with Crippen molar-refractivity contribution in [2.45, 2.75) is 39.2 Å². The van der Waals surface area contributed by atoms with Crippen molar-refractivity contribution < 1.29 is 17.9 Å². The summed E-state index contributed by atoms with van der Waals surface area (Å²) in [5.74, 6) is 0.527. The lowest BCUT2D eigenvalue weighted by Gasteiger charge is -2.31. The topological polar surface area (TPSA) is 75.7 Å². The van der Waals surface area contributed by atoms with Gasteiger partial charge in [-0.05, 0) is 55.9 Å². The highest BCUT2D eigenvalue weighted by Crippen LogP contribution is 2.21. The Kier molecular flexibility index (Phi) is 8.49. The van der Waals surface area contributed by atoms with Gasteiger partial charge in [0.25, 0.3) is 0 Å². The van der Waals surface area contributed by atoms with E-state index in [2.05, 4.69) is 5.32 Å². The fourth-order valence-electron chi connectivity index (χ4n) is 3.85. The van der Waals surface area contributed by atoms with Gasteiger partial charge in [0.1, 0.15) is 5.75 Å². The Morgan fingerprint density at radius 2 is 1.84 bits per heavy atom. The van der Waals surface area contributed by atoms with Gasteiger partial charge in [0.2, 0.25) is 15.9 Å². The van der Waals surface area contributed by atoms with Crippen molar-refractivity contribution in [3.05, 3.63) is 65.7 Å². The number of rotatable bonds is 10. The van der Waals surface area contributed by atoms with E-state index in [9.17, 15) is 13.2 Å². The fourth-order valence-corrected chi connectivity index (χ4v) is 5.43. The molecule has 1 fully saturated rings. The Morgan fingerprint density at radius 1 is 1.10 bits per heavy atom. The molecule has 7 heteroatoms. The van der Waals surface area contributed by atoms with Crippen molar-refractivity contribution in [3.8, 4) is 5.75 Å². The molecule has 0 aliphatic carbocycles. The van der Waals surface area contributed by atoms with Gasteiger partial charge in [-0.15, -0.1) is 0 Å². The first-order valence-electron chi connectivity index (χ1n) is 11.0. The number of sulfonamides is 1. The van der Waals surface area contributed by atoms with Crippen LogP contribution in [0.25, 0.3) is 0 Å². The summed E-state index contributed by atoms with van der Waals surface area (Å²) in [6.07, 6.45) is 2.74. The number of benzene rings is 2. The lowest BCUT2D eigenvalue weighted by Crippen LogP contribution is -2.46. The molecule has 1 saturated heterocycles. The van der Waals surface area contributed by atoms with Gasteiger partial charge in [-0.1, -0.05) is 42.5 Å². The first kappa shape index (κ1) is 23.3. The van der Waals surface area contributed by atoms with Crippen LogP contribution >= 0.6 is 0 Å². The summed E-state index contributed by atoms with van der Waals surface area (Å²) < 4.78 is 32.5. The maximum Gasteiger partial charge on any atom is 0.224 e. The average molecular weight is 445 g/mol. The molecule has 1 amide bonds. The Balaban J connectivity index is 1.47. The van der Waals surface area contributed by atoms with Crippen LogP contribution in [0.4, 0.5) is 0 Å². The molecule has 1 aliphatic rings. The van der Waals surface area contributed by atoms with Gasteiger partial charge >= 0.3 is 0 Å². The summed E-state index contributed by atoms with van der Waals surface area (Å²) in [7, 11) is -3.36. The summed E-state index contributed by atoms with van der Waals surface area (Å²) in [6, 6.07) is 17.5. The molecule has 2 aromatic rings. The highest BCUT2D eigenvalue weighted by molar-refractivity contribution is 7.89. The van der Waals surface area contributed by atoms with Gasteiger partial charge in [-0.3, -0.25) is 4.79 Å². The SMILES string of the molecule is CCOc1ccc(CNC(=O)[C@@H]2CCCN(S(=O)(=O)CCCc3ccccc3)C2)cc1. The molecule has 1 N–H and O–H groups in total. The summed E-state index contributed by atoms with van der Waals surface area (Å²) in [5, 5.41) is 2.96. The number of piperidine rings is 1. The van der Waals surface area contributed by atoms with E-state index in [1.54, 1.807) is 0 Å². The molecule has 0 unspecified atom stereocenters. The molecule has 1 heterocycles. The van der Waals surface area contributed by atoms with Crippen LogP contribution in [0.1, 0.15) is 37.3 Å². The van der Waals surface area contributed by atoms with Crippen LogP contribution in [0.2, 0.25) is 0 Å². The molecular formula is C24H32N2O4S. The van der Waals surface area contributed by atoms with Crippen LogP contribution in [-0.4, -0.2) is 44.1 Å². The van der Waals surface area contributed by atoms with Crippen LogP contribution in [-0.2, 0) is 27.8 Å². The van der Waals surface area contributed by atoms with Crippen molar-refractivity contribution in [2.75, 3.05) is 25.4 Å². The lowest BCUT2D eigenvalue weighted by atomic mass is 9.99. The summed E-state index contributed by atoms with van der Waals surface area (Å²) in [4.78, 5) is 12.7. The summed E-state index contributed by atoms with van der Waals surface area (Å²) in [6.45, 7) is 3.74. The third kappa shape index (κ3) is 7.08. The Hall–Kier alpha value is -2.38. The van der Waals surface area contributed by atoms with Crippen LogP contribution in [0.3, 0.4) is 0 Å². The second-order valence-corrected chi connectivity index (χ2v) is 9.99. The predicted molar refractivity (Wildman–Crippen MR) is 122 cm³/mol. The summed E-state index contributed by atoms with van der Waals surface area (Å²) >= 11 is 0. The van der Waals surface area contributed by atoms with Crippen molar-refractivity contribution in [1.29, 1.82) is 0 Å². The number of hydrogen-bond acceptors (Lipinski definition) is 4. The molecule has 0 saturated carbocycles. The predicted octanol–water partition coefficient (Wildman–Crippen LogP) is 3.38. The Labute approximate surface area is 185 Å². The van der Waals surface area contributed by atoms with E-state index in [4.69, 9.17) is 4.74 Å². The van der Waals surface area contributed by atoms with Gasteiger partial charge in [0, 0.05) is 19.6 Å². The van der Waals surface area contributed by atoms with Crippen molar-refractivity contribution in [2.24, 2.45) is 5.92 Å². The van der Waals surface area contributed by atoms with E-state index < -0.39 is 10.0 Å². The molecule has 0 radical (unpaired) electrons. The molecule has 3 rings (SSSR count). The van der Waals surface area contributed by atoms with Gasteiger partial charge in [-0.2, -0.15) is 0 Å². The zero-order chi connectivity index (χ0) is 22.1. The van der Waals surface area contributed by atoms with Crippen LogP contribution in [0, 0.1) is 5.92 Å². The zero-order valence-electron chi connectivity index (χ0n) is 18.1. The number of nitrogens with zero attached hydrogens (tertiary/aromatic N) is 1. The molecule has 0 aromatic heterocycles. The van der Waals surface area contributed by atoms with Crippen LogP contribution < -0.4 is 10.1 Å². The molecule has 0 bridgehead atoms. The van der Waals surface area contributed by atoms with Gasteiger partial charge in [0.05, 0.1) is 18.3 Å². The minimum absolute atomic E-state index is 0.0851. The largest absolute Gasteiger partial charge is 0.494 e. The first-order chi connectivity index (χ1) is 15.0. The van der Waals surface area contributed by atoms with Crippen LogP contribution in [0.15, 0.2) is 54.6 Å². The van der Waals surface area contributed by atoms with E-state index in [0.717, 1.165) is 23.3 Å². The van der Waals surface area contributed by atoms with E-state index in [0.29, 0.717) is 39.0 Å². The Bertz CT molecular complexity index is 930. The number of hydrogen-bond donors (Lipinski definition) is 1. The monoisotopic (exact) mass is 444 g/mol. The van der Waals surface area contributed by atoms with Gasteiger partial charge in [0.15, 0.2) is 0 Å². The molecule has 0 spiro atoms. The van der Waals surface area contributed by atoms with Crippen molar-refractivity contribution in [1.82, 2.24) is 9.62 Å². The maximum atomic E-state index is 12.8. The molecule has 31 heavy (non-hydrogen) atoms. The third-order valence-corrected chi connectivity index (χ3v) is 7.48. The van der Waals surface area contributed by atoms with E-state index in [1.165, 1.54) is 4.31 Å². The second-order valence-electron chi connectivity index (χ2n) is 7.90. The first-order valence-corrected chi connectivity index (χ1v) is 12.6. The lowest BCUT2D eigenvalue weighted by molar-refractivity contribution is -0.126. The zero-order valence-corrected chi connectivity index (χ0v) is 18.9. The average Bonchev–Trinajstić information content (AvgIpc) is 2.79. The van der Waals surface area contributed by atoms with Crippen molar-refractivity contribution >= 4 is 15.9 Å². The maximum absolute atomic E-state index is 12.8. The van der Waals surface area contributed by atoms with Gasteiger partial charge < -0.3 is 10.1 Å². The molecule has 168 valence electrons. The van der Waals surface area contributed by atoms with E-state index in [1.807, 2.05) is 61.5 Å². The van der Waals surface area contributed by atoms with Crippen LogP contribution in [0.5, 0.6) is 5.75 Å². The molecule has 1 atom stereocenters. The van der Waals surface area contributed by atoms with Crippen molar-refractivity contribution in [3.63, 3.8) is 0 Å². The van der Waals surface area contributed by atoms with E-state index >= 15 is 0 Å². The number of carbonyl (C=O) groups excluding carboxylic acids is 1. The molecule has 2 aromatic carbocycles. The number of aryl methyl sites for hydroxylation is 1.